The van der Waals surface area contributed by atoms with Crippen LogP contribution < -0.4 is 0 Å². The molecule has 17 heavy (non-hydrogen) atoms. The van der Waals surface area contributed by atoms with Gasteiger partial charge < -0.3 is 0 Å². The van der Waals surface area contributed by atoms with Crippen molar-refractivity contribution in [3.63, 3.8) is 0 Å². The molecule has 0 N–H and O–H groups in total. The van der Waals surface area contributed by atoms with Crippen LogP contribution in [0.4, 0.5) is 15.8 Å². The SMILES string of the molecule is O=[N+]([O-])c1ccc2c([N+](=O)[O-])ccc(F)c2c1. The van der Waals surface area contributed by atoms with Gasteiger partial charge >= 0.3 is 0 Å². The minimum absolute atomic E-state index is 0.0422. The molecule has 0 unspecified atom stereocenters. The molecule has 0 bridgehead atoms. The molecule has 0 aliphatic rings. The summed E-state index contributed by atoms with van der Waals surface area (Å²) in [5.41, 5.74) is -0.590. The highest BCUT2D eigenvalue weighted by Gasteiger charge is 2.17. The summed E-state index contributed by atoms with van der Waals surface area (Å²) in [6.07, 6.45) is 0. The maximum Gasteiger partial charge on any atom is 0.277 e. The maximum atomic E-state index is 13.4. The smallest absolute Gasteiger partial charge is 0.258 e. The molecule has 0 spiro atoms. The molecule has 0 fully saturated rings. The molecule has 6 nitrogen and oxygen atoms in total. The molecule has 7 heteroatoms. The molecule has 0 aliphatic heterocycles. The van der Waals surface area contributed by atoms with Gasteiger partial charge in [0.25, 0.3) is 11.4 Å². The van der Waals surface area contributed by atoms with Gasteiger partial charge in [-0.05, 0) is 12.1 Å². The van der Waals surface area contributed by atoms with E-state index in [1.165, 1.54) is 6.07 Å². The largest absolute Gasteiger partial charge is 0.277 e. The van der Waals surface area contributed by atoms with Gasteiger partial charge in [0.1, 0.15) is 5.82 Å². The molecule has 0 aromatic heterocycles. The standard InChI is InChI=1S/C10H5FN2O4/c11-9-3-4-10(13(16)17)7-2-1-6(12(14)15)5-8(7)9/h1-5H. The Bertz CT molecular complexity index is 641. The van der Waals surface area contributed by atoms with Gasteiger partial charge in [-0.25, -0.2) is 4.39 Å². The number of benzene rings is 2. The van der Waals surface area contributed by atoms with Crippen LogP contribution in [-0.4, -0.2) is 9.85 Å². The van der Waals surface area contributed by atoms with Gasteiger partial charge in [0.05, 0.1) is 15.2 Å². The number of nitro benzene ring substituents is 2. The van der Waals surface area contributed by atoms with Crippen molar-refractivity contribution >= 4 is 22.1 Å². The molecule has 2 aromatic carbocycles. The van der Waals surface area contributed by atoms with Gasteiger partial charge in [0.15, 0.2) is 0 Å². The van der Waals surface area contributed by atoms with E-state index in [9.17, 15) is 24.6 Å². The number of hydrogen-bond donors (Lipinski definition) is 0. The normalized spacial score (nSPS) is 10.4. The van der Waals surface area contributed by atoms with Crippen molar-refractivity contribution in [2.75, 3.05) is 0 Å². The first-order valence-electron chi connectivity index (χ1n) is 4.52. The first-order chi connectivity index (χ1) is 8.00. The van der Waals surface area contributed by atoms with E-state index in [0.29, 0.717) is 0 Å². The molecule has 0 atom stereocenters. The first kappa shape index (κ1) is 10.9. The van der Waals surface area contributed by atoms with E-state index >= 15 is 0 Å². The van der Waals surface area contributed by atoms with E-state index in [0.717, 1.165) is 24.3 Å². The number of fused-ring (bicyclic) bond motifs is 1. The molecule has 86 valence electrons. The van der Waals surface area contributed by atoms with Crippen LogP contribution in [0.2, 0.25) is 0 Å². The third kappa shape index (κ3) is 1.78. The van der Waals surface area contributed by atoms with Crippen molar-refractivity contribution in [1.29, 1.82) is 0 Å². The minimum atomic E-state index is -0.727. The zero-order valence-electron chi connectivity index (χ0n) is 8.29. The quantitative estimate of drug-likeness (QED) is 0.592. The fourth-order valence-electron chi connectivity index (χ4n) is 1.56. The van der Waals surface area contributed by atoms with Crippen LogP contribution in [0, 0.1) is 26.0 Å². The van der Waals surface area contributed by atoms with E-state index in [-0.39, 0.29) is 22.1 Å². The van der Waals surface area contributed by atoms with Crippen molar-refractivity contribution in [2.24, 2.45) is 0 Å². The predicted molar refractivity (Wildman–Crippen MR) is 57.2 cm³/mol. The number of non-ortho nitro benzene ring substituents is 2. The second-order valence-corrected chi connectivity index (χ2v) is 3.31. The number of nitrogens with zero attached hydrogens (tertiary/aromatic N) is 2. The summed E-state index contributed by atoms with van der Waals surface area (Å²) in [6, 6.07) is 5.22. The fourth-order valence-corrected chi connectivity index (χ4v) is 1.56. The summed E-state index contributed by atoms with van der Waals surface area (Å²) in [6.45, 7) is 0. The summed E-state index contributed by atoms with van der Waals surface area (Å²) < 4.78 is 13.4. The first-order valence-corrected chi connectivity index (χ1v) is 4.52. The van der Waals surface area contributed by atoms with Gasteiger partial charge in [-0.3, -0.25) is 20.2 Å². The molecule has 0 aliphatic carbocycles. The van der Waals surface area contributed by atoms with Crippen LogP contribution in [-0.2, 0) is 0 Å². The lowest BCUT2D eigenvalue weighted by Gasteiger charge is -2.00. The Balaban J connectivity index is 2.82. The summed E-state index contributed by atoms with van der Waals surface area (Å²) in [5, 5.41) is 21.1. The number of halogens is 1. The highest BCUT2D eigenvalue weighted by Crippen LogP contribution is 2.30. The van der Waals surface area contributed by atoms with Gasteiger partial charge in [-0.15, -0.1) is 0 Å². The topological polar surface area (TPSA) is 86.3 Å². The van der Waals surface area contributed by atoms with Gasteiger partial charge in [-0.1, -0.05) is 0 Å². The molecule has 0 amide bonds. The zero-order valence-corrected chi connectivity index (χ0v) is 8.29. The molecule has 0 heterocycles. The second-order valence-electron chi connectivity index (χ2n) is 3.31. The van der Waals surface area contributed by atoms with Crippen molar-refractivity contribution in [3.05, 3.63) is 56.4 Å². The van der Waals surface area contributed by atoms with Crippen molar-refractivity contribution in [3.8, 4) is 0 Å². The van der Waals surface area contributed by atoms with Crippen LogP contribution in [0.25, 0.3) is 10.8 Å². The molecule has 0 saturated heterocycles. The predicted octanol–water partition coefficient (Wildman–Crippen LogP) is 2.80. The third-order valence-corrected chi connectivity index (χ3v) is 2.33. The van der Waals surface area contributed by atoms with Crippen LogP contribution in [0.1, 0.15) is 0 Å². The van der Waals surface area contributed by atoms with Crippen molar-refractivity contribution in [2.45, 2.75) is 0 Å². The Hall–Kier alpha value is -2.57. The van der Waals surface area contributed by atoms with Crippen LogP contribution in [0.3, 0.4) is 0 Å². The van der Waals surface area contributed by atoms with Gasteiger partial charge in [0.2, 0.25) is 0 Å². The zero-order chi connectivity index (χ0) is 12.6. The number of nitro groups is 2. The average Bonchev–Trinajstić information content (AvgIpc) is 2.28. The van der Waals surface area contributed by atoms with E-state index < -0.39 is 15.7 Å². The lowest BCUT2D eigenvalue weighted by Crippen LogP contribution is -1.93. The molecule has 2 rings (SSSR count). The summed E-state index contributed by atoms with van der Waals surface area (Å²) in [4.78, 5) is 19.9. The number of hydrogen-bond acceptors (Lipinski definition) is 4. The number of rotatable bonds is 2. The maximum absolute atomic E-state index is 13.4. The lowest BCUT2D eigenvalue weighted by molar-refractivity contribution is -0.385. The summed E-state index contributed by atoms with van der Waals surface area (Å²) in [7, 11) is 0. The minimum Gasteiger partial charge on any atom is -0.258 e. The molecule has 0 radical (unpaired) electrons. The van der Waals surface area contributed by atoms with Gasteiger partial charge in [-0.2, -0.15) is 0 Å². The van der Waals surface area contributed by atoms with Crippen molar-refractivity contribution < 1.29 is 14.2 Å². The van der Waals surface area contributed by atoms with E-state index in [1.807, 2.05) is 0 Å². The Morgan fingerprint density at radius 3 is 2.24 bits per heavy atom. The molecule has 2 aromatic rings. The average molecular weight is 236 g/mol. The van der Waals surface area contributed by atoms with E-state index in [2.05, 4.69) is 0 Å². The Morgan fingerprint density at radius 1 is 0.941 bits per heavy atom. The highest BCUT2D eigenvalue weighted by atomic mass is 19.1. The van der Waals surface area contributed by atoms with E-state index in [1.54, 1.807) is 0 Å². The molecular formula is C10H5FN2O4. The Labute approximate surface area is 93.6 Å². The monoisotopic (exact) mass is 236 g/mol. The van der Waals surface area contributed by atoms with Crippen molar-refractivity contribution in [1.82, 2.24) is 0 Å². The van der Waals surface area contributed by atoms with E-state index in [4.69, 9.17) is 0 Å². The van der Waals surface area contributed by atoms with Crippen LogP contribution >= 0.6 is 0 Å². The second kappa shape index (κ2) is 3.78. The lowest BCUT2D eigenvalue weighted by atomic mass is 10.1. The third-order valence-electron chi connectivity index (χ3n) is 2.33. The van der Waals surface area contributed by atoms with Crippen LogP contribution in [0.15, 0.2) is 30.3 Å². The van der Waals surface area contributed by atoms with Gasteiger partial charge in [0, 0.05) is 23.6 Å². The summed E-state index contributed by atoms with van der Waals surface area (Å²) in [5.74, 6) is -0.727. The Kier molecular flexibility index (Phi) is 2.43. The molecular weight excluding hydrogens is 231 g/mol. The fraction of sp³-hybridized carbons (Fsp3) is 0. The summed E-state index contributed by atoms with van der Waals surface area (Å²) >= 11 is 0. The Morgan fingerprint density at radius 2 is 1.65 bits per heavy atom. The van der Waals surface area contributed by atoms with Crippen LogP contribution in [0.5, 0.6) is 0 Å². The highest BCUT2D eigenvalue weighted by molar-refractivity contribution is 5.92. The molecule has 0 saturated carbocycles.